The summed E-state index contributed by atoms with van der Waals surface area (Å²) in [5.41, 5.74) is 3.80. The average Bonchev–Trinajstić information content (AvgIpc) is 3.03. The van der Waals surface area contributed by atoms with Gasteiger partial charge in [-0.15, -0.1) is 0 Å². The lowest BCUT2D eigenvalue weighted by atomic mass is 10.2. The van der Waals surface area contributed by atoms with Crippen LogP contribution in [-0.2, 0) is 13.1 Å². The van der Waals surface area contributed by atoms with Crippen molar-refractivity contribution in [3.8, 4) is 0 Å². The van der Waals surface area contributed by atoms with E-state index >= 15 is 0 Å². The highest BCUT2D eigenvalue weighted by Crippen LogP contribution is 2.17. The van der Waals surface area contributed by atoms with Gasteiger partial charge in [0, 0.05) is 36.9 Å². The number of hydrogen-bond acceptors (Lipinski definition) is 2. The minimum absolute atomic E-state index is 0.856. The van der Waals surface area contributed by atoms with E-state index in [9.17, 15) is 0 Å². The van der Waals surface area contributed by atoms with Crippen LogP contribution in [0.1, 0.15) is 11.1 Å². The van der Waals surface area contributed by atoms with Gasteiger partial charge in [0.2, 0.25) is 0 Å². The fourth-order valence-electron chi connectivity index (χ4n) is 2.34. The zero-order valence-electron chi connectivity index (χ0n) is 11.1. The molecule has 0 unspecified atom stereocenters. The Morgan fingerprint density at radius 3 is 3.00 bits per heavy atom. The van der Waals surface area contributed by atoms with Gasteiger partial charge < -0.3 is 14.3 Å². The molecular weight excluding hydrogens is 236 g/mol. The smallest absolute Gasteiger partial charge is 0.0947 e. The summed E-state index contributed by atoms with van der Waals surface area (Å²) in [4.78, 5) is 0. The highest BCUT2D eigenvalue weighted by Gasteiger charge is 2.00. The maximum Gasteiger partial charge on any atom is 0.0947 e. The van der Waals surface area contributed by atoms with Gasteiger partial charge in [-0.1, -0.05) is 11.6 Å². The molecule has 98 valence electrons. The van der Waals surface area contributed by atoms with Gasteiger partial charge in [0.1, 0.15) is 0 Å². The van der Waals surface area contributed by atoms with Gasteiger partial charge >= 0.3 is 0 Å². The molecule has 3 heteroatoms. The summed E-state index contributed by atoms with van der Waals surface area (Å²) in [5.74, 6) is 0. The maximum atomic E-state index is 5.04. The van der Waals surface area contributed by atoms with Crippen molar-refractivity contribution >= 4 is 10.9 Å². The van der Waals surface area contributed by atoms with Crippen LogP contribution in [0, 0.1) is 6.92 Å². The van der Waals surface area contributed by atoms with Gasteiger partial charge in [-0.3, -0.25) is 0 Å². The van der Waals surface area contributed by atoms with Crippen LogP contribution >= 0.6 is 0 Å². The summed E-state index contributed by atoms with van der Waals surface area (Å²) in [7, 11) is 0. The predicted octanol–water partition coefficient (Wildman–Crippen LogP) is 3.33. The van der Waals surface area contributed by atoms with E-state index in [0.29, 0.717) is 0 Å². The Morgan fingerprint density at radius 1 is 1.21 bits per heavy atom. The molecule has 3 aromatic rings. The second kappa shape index (κ2) is 5.33. The van der Waals surface area contributed by atoms with Crippen molar-refractivity contribution in [1.82, 2.24) is 9.88 Å². The van der Waals surface area contributed by atoms with E-state index in [0.717, 1.165) is 19.6 Å². The summed E-state index contributed by atoms with van der Waals surface area (Å²) in [6, 6.07) is 10.8. The van der Waals surface area contributed by atoms with E-state index in [4.69, 9.17) is 4.42 Å². The van der Waals surface area contributed by atoms with Crippen molar-refractivity contribution in [3.05, 3.63) is 60.2 Å². The Labute approximate surface area is 112 Å². The first-order chi connectivity index (χ1) is 9.33. The lowest BCUT2D eigenvalue weighted by Gasteiger charge is -2.06. The highest BCUT2D eigenvalue weighted by atomic mass is 16.3. The third kappa shape index (κ3) is 2.71. The zero-order valence-corrected chi connectivity index (χ0v) is 11.1. The minimum atomic E-state index is 0.856. The molecule has 1 aromatic carbocycles. The summed E-state index contributed by atoms with van der Waals surface area (Å²) < 4.78 is 7.33. The molecule has 0 aliphatic heterocycles. The highest BCUT2D eigenvalue weighted by molar-refractivity contribution is 5.80. The Kier molecular flexibility index (Phi) is 3.38. The van der Waals surface area contributed by atoms with Gasteiger partial charge in [-0.25, -0.2) is 0 Å². The van der Waals surface area contributed by atoms with Gasteiger partial charge in [-0.05, 0) is 36.6 Å². The SMILES string of the molecule is Cc1ccc2c(ccn2CCNCc2ccoc2)c1. The minimum Gasteiger partial charge on any atom is -0.472 e. The molecule has 2 aromatic heterocycles. The topological polar surface area (TPSA) is 30.1 Å². The van der Waals surface area contributed by atoms with E-state index < -0.39 is 0 Å². The normalized spacial score (nSPS) is 11.2. The molecule has 0 saturated carbocycles. The van der Waals surface area contributed by atoms with E-state index in [-0.39, 0.29) is 0 Å². The number of furan rings is 1. The van der Waals surface area contributed by atoms with E-state index in [1.807, 2.05) is 6.07 Å². The molecule has 0 amide bonds. The molecule has 0 atom stereocenters. The van der Waals surface area contributed by atoms with Gasteiger partial charge in [0.15, 0.2) is 0 Å². The Bertz CT molecular complexity index is 653. The standard InChI is InChI=1S/C16H18N2O/c1-13-2-3-16-15(10-13)4-7-18(16)8-6-17-11-14-5-9-19-12-14/h2-5,7,9-10,12,17H,6,8,11H2,1H3. The van der Waals surface area contributed by atoms with Crippen LogP contribution in [0.5, 0.6) is 0 Å². The Morgan fingerprint density at radius 2 is 2.16 bits per heavy atom. The molecule has 2 heterocycles. The average molecular weight is 254 g/mol. The summed E-state index contributed by atoms with van der Waals surface area (Å²) >= 11 is 0. The van der Waals surface area contributed by atoms with Gasteiger partial charge in [-0.2, -0.15) is 0 Å². The second-order valence-electron chi connectivity index (χ2n) is 4.88. The summed E-state index contributed by atoms with van der Waals surface area (Å²) in [6.45, 7) is 4.91. The number of nitrogens with zero attached hydrogens (tertiary/aromatic N) is 1. The molecule has 0 aliphatic rings. The molecule has 0 radical (unpaired) electrons. The van der Waals surface area contributed by atoms with Crippen LogP contribution in [0.2, 0.25) is 0 Å². The molecule has 19 heavy (non-hydrogen) atoms. The first-order valence-electron chi connectivity index (χ1n) is 6.60. The van der Waals surface area contributed by atoms with Crippen LogP contribution in [0.25, 0.3) is 10.9 Å². The fourth-order valence-corrected chi connectivity index (χ4v) is 2.34. The monoisotopic (exact) mass is 254 g/mol. The number of benzene rings is 1. The molecule has 0 saturated heterocycles. The van der Waals surface area contributed by atoms with E-state index in [2.05, 4.69) is 47.3 Å². The first kappa shape index (κ1) is 12.1. The molecule has 0 fully saturated rings. The Hall–Kier alpha value is -2.00. The zero-order chi connectivity index (χ0) is 13.1. The Balaban J connectivity index is 1.59. The number of aryl methyl sites for hydroxylation is 1. The van der Waals surface area contributed by atoms with Crippen LogP contribution in [0.3, 0.4) is 0 Å². The predicted molar refractivity (Wildman–Crippen MR) is 77.1 cm³/mol. The molecular formula is C16H18N2O. The second-order valence-corrected chi connectivity index (χ2v) is 4.88. The number of fused-ring (bicyclic) bond motifs is 1. The van der Waals surface area contributed by atoms with Crippen molar-refractivity contribution in [2.24, 2.45) is 0 Å². The molecule has 1 N–H and O–H groups in total. The largest absolute Gasteiger partial charge is 0.472 e. The number of aromatic nitrogens is 1. The van der Waals surface area contributed by atoms with Crippen molar-refractivity contribution in [2.45, 2.75) is 20.0 Å². The number of hydrogen-bond donors (Lipinski definition) is 1. The van der Waals surface area contributed by atoms with Crippen molar-refractivity contribution < 1.29 is 4.42 Å². The lowest BCUT2D eigenvalue weighted by Crippen LogP contribution is -2.18. The molecule has 3 nitrogen and oxygen atoms in total. The fraction of sp³-hybridized carbons (Fsp3) is 0.250. The first-order valence-corrected chi connectivity index (χ1v) is 6.60. The third-order valence-electron chi connectivity index (χ3n) is 3.37. The van der Waals surface area contributed by atoms with Crippen LogP contribution < -0.4 is 5.32 Å². The van der Waals surface area contributed by atoms with Gasteiger partial charge in [0.25, 0.3) is 0 Å². The quantitative estimate of drug-likeness (QED) is 0.708. The van der Waals surface area contributed by atoms with Crippen molar-refractivity contribution in [3.63, 3.8) is 0 Å². The van der Waals surface area contributed by atoms with E-state index in [1.54, 1.807) is 12.5 Å². The van der Waals surface area contributed by atoms with Crippen molar-refractivity contribution in [2.75, 3.05) is 6.54 Å². The van der Waals surface area contributed by atoms with E-state index in [1.165, 1.54) is 22.0 Å². The van der Waals surface area contributed by atoms with Crippen LogP contribution in [0.15, 0.2) is 53.5 Å². The molecule has 0 spiro atoms. The number of nitrogens with one attached hydrogen (secondary N) is 1. The number of rotatable bonds is 5. The molecule has 0 aliphatic carbocycles. The summed E-state index contributed by atoms with van der Waals surface area (Å²) in [6.07, 6.45) is 5.64. The summed E-state index contributed by atoms with van der Waals surface area (Å²) in [5, 5.41) is 4.74. The van der Waals surface area contributed by atoms with Crippen LogP contribution in [-0.4, -0.2) is 11.1 Å². The van der Waals surface area contributed by atoms with Crippen LogP contribution in [0.4, 0.5) is 0 Å². The third-order valence-corrected chi connectivity index (χ3v) is 3.37. The van der Waals surface area contributed by atoms with Crippen molar-refractivity contribution in [1.29, 1.82) is 0 Å². The van der Waals surface area contributed by atoms with Gasteiger partial charge in [0.05, 0.1) is 12.5 Å². The molecule has 0 bridgehead atoms. The lowest BCUT2D eigenvalue weighted by molar-refractivity contribution is 0.557. The molecule has 3 rings (SSSR count). The maximum absolute atomic E-state index is 5.04.